The summed E-state index contributed by atoms with van der Waals surface area (Å²) in [4.78, 5) is 12.2. The molecule has 0 saturated heterocycles. The van der Waals surface area contributed by atoms with Gasteiger partial charge in [-0.2, -0.15) is 5.26 Å². The number of esters is 1. The van der Waals surface area contributed by atoms with E-state index in [1.165, 1.54) is 31.4 Å². The first-order chi connectivity index (χ1) is 13.4. The Balaban J connectivity index is 1.85. The molecule has 0 bridgehead atoms. The van der Waals surface area contributed by atoms with Crippen molar-refractivity contribution in [2.45, 2.75) is 0 Å². The van der Waals surface area contributed by atoms with E-state index < -0.39 is 29.0 Å². The first kappa shape index (κ1) is 19.0. The molecule has 7 heteroatoms. The summed E-state index contributed by atoms with van der Waals surface area (Å²) in [5.41, 5.74) is -0.258. The summed E-state index contributed by atoms with van der Waals surface area (Å²) in [7, 11) is 1.40. The van der Waals surface area contributed by atoms with E-state index in [1.807, 2.05) is 0 Å². The predicted octanol–water partition coefficient (Wildman–Crippen LogP) is 4.87. The fourth-order valence-corrected chi connectivity index (χ4v) is 2.52. The molecule has 140 valence electrons. The van der Waals surface area contributed by atoms with E-state index in [9.17, 15) is 18.0 Å². The van der Waals surface area contributed by atoms with E-state index in [0.717, 1.165) is 30.3 Å². The van der Waals surface area contributed by atoms with Crippen molar-refractivity contribution in [3.63, 3.8) is 0 Å². The van der Waals surface area contributed by atoms with Crippen molar-refractivity contribution in [1.82, 2.24) is 0 Å². The molecule has 0 aromatic heterocycles. The van der Waals surface area contributed by atoms with Gasteiger partial charge in [0.05, 0.1) is 18.2 Å². The molecule has 0 atom stereocenters. The third-order valence-corrected chi connectivity index (χ3v) is 3.95. The molecule has 0 amide bonds. The van der Waals surface area contributed by atoms with Crippen molar-refractivity contribution in [2.75, 3.05) is 7.11 Å². The van der Waals surface area contributed by atoms with Gasteiger partial charge in [-0.15, -0.1) is 0 Å². The Hall–Kier alpha value is -3.79. The zero-order valence-corrected chi connectivity index (χ0v) is 14.5. The quantitative estimate of drug-likeness (QED) is 0.476. The highest BCUT2D eigenvalue weighted by Gasteiger charge is 2.17. The van der Waals surface area contributed by atoms with Crippen LogP contribution in [0.1, 0.15) is 15.9 Å². The summed E-state index contributed by atoms with van der Waals surface area (Å²) >= 11 is 0. The second kappa shape index (κ2) is 7.84. The van der Waals surface area contributed by atoms with Gasteiger partial charge in [0.2, 0.25) is 0 Å². The first-order valence-corrected chi connectivity index (χ1v) is 7.98. The van der Waals surface area contributed by atoms with E-state index in [0.29, 0.717) is 5.75 Å². The summed E-state index contributed by atoms with van der Waals surface area (Å²) < 4.78 is 52.0. The van der Waals surface area contributed by atoms with Crippen LogP contribution in [-0.4, -0.2) is 13.1 Å². The number of methoxy groups -OCH3 is 1. The second-order valence-corrected chi connectivity index (χ2v) is 5.68. The van der Waals surface area contributed by atoms with E-state index in [1.54, 1.807) is 6.07 Å². The maximum absolute atomic E-state index is 14.4. The SMILES string of the molecule is COc1ccc(-c2ccc(C(=O)Oc3ccc(C#N)c(F)c3)c(F)c2)c(F)c1. The van der Waals surface area contributed by atoms with Gasteiger partial charge in [0.25, 0.3) is 0 Å². The molecule has 0 unspecified atom stereocenters. The lowest BCUT2D eigenvalue weighted by Gasteiger charge is -2.09. The molecule has 3 aromatic carbocycles. The summed E-state index contributed by atoms with van der Waals surface area (Å²) in [6, 6.07) is 12.5. The Morgan fingerprint density at radius 3 is 2.21 bits per heavy atom. The molecule has 0 saturated carbocycles. The summed E-state index contributed by atoms with van der Waals surface area (Å²) in [5.74, 6) is -3.31. The van der Waals surface area contributed by atoms with Gasteiger partial charge in [-0.1, -0.05) is 6.07 Å². The molecule has 3 aromatic rings. The van der Waals surface area contributed by atoms with Gasteiger partial charge >= 0.3 is 5.97 Å². The van der Waals surface area contributed by atoms with Gasteiger partial charge < -0.3 is 9.47 Å². The third kappa shape index (κ3) is 3.81. The van der Waals surface area contributed by atoms with Crippen molar-refractivity contribution in [3.8, 4) is 28.7 Å². The maximum Gasteiger partial charge on any atom is 0.346 e. The first-order valence-electron chi connectivity index (χ1n) is 7.98. The van der Waals surface area contributed by atoms with Crippen LogP contribution in [0.2, 0.25) is 0 Å². The number of benzene rings is 3. The number of hydrogen-bond donors (Lipinski definition) is 0. The molecule has 0 N–H and O–H groups in total. The Labute approximate surface area is 158 Å². The molecule has 3 rings (SSSR count). The van der Waals surface area contributed by atoms with Crippen LogP contribution in [0.25, 0.3) is 11.1 Å². The number of nitriles is 1. The van der Waals surface area contributed by atoms with Crippen LogP contribution < -0.4 is 9.47 Å². The van der Waals surface area contributed by atoms with Gasteiger partial charge in [0.1, 0.15) is 35.0 Å². The van der Waals surface area contributed by atoms with Gasteiger partial charge in [-0.3, -0.25) is 0 Å². The zero-order valence-electron chi connectivity index (χ0n) is 14.5. The summed E-state index contributed by atoms with van der Waals surface area (Å²) in [6.45, 7) is 0. The molecule has 0 aliphatic rings. The smallest absolute Gasteiger partial charge is 0.346 e. The van der Waals surface area contributed by atoms with Crippen molar-refractivity contribution in [3.05, 3.63) is 83.2 Å². The number of carbonyl (C=O) groups is 1. The number of rotatable bonds is 4. The Morgan fingerprint density at radius 1 is 0.893 bits per heavy atom. The zero-order chi connectivity index (χ0) is 20.3. The second-order valence-electron chi connectivity index (χ2n) is 5.68. The van der Waals surface area contributed by atoms with E-state index >= 15 is 0 Å². The van der Waals surface area contributed by atoms with Crippen LogP contribution >= 0.6 is 0 Å². The lowest BCUT2D eigenvalue weighted by Crippen LogP contribution is -2.11. The average molecular weight is 383 g/mol. The third-order valence-electron chi connectivity index (χ3n) is 3.95. The summed E-state index contributed by atoms with van der Waals surface area (Å²) in [6.07, 6.45) is 0. The van der Waals surface area contributed by atoms with Crippen LogP contribution in [0, 0.1) is 28.8 Å². The monoisotopic (exact) mass is 383 g/mol. The molecule has 0 aliphatic heterocycles. The minimum absolute atomic E-state index is 0.133. The van der Waals surface area contributed by atoms with Gasteiger partial charge in [-0.25, -0.2) is 18.0 Å². The van der Waals surface area contributed by atoms with Crippen molar-refractivity contribution < 1.29 is 27.4 Å². The van der Waals surface area contributed by atoms with E-state index in [4.69, 9.17) is 14.7 Å². The lowest BCUT2D eigenvalue weighted by molar-refractivity contribution is 0.0729. The predicted molar refractivity (Wildman–Crippen MR) is 94.4 cm³/mol. The molecule has 4 nitrogen and oxygen atoms in total. The molecule has 0 fully saturated rings. The maximum atomic E-state index is 14.4. The standard InChI is InChI=1S/C21H12F3NO3/c1-27-14-5-7-16(20(24)9-14)12-3-6-17(19(23)8-12)21(26)28-15-4-2-13(11-25)18(22)10-15/h2-10H,1H3. The Bertz CT molecular complexity index is 1110. The highest BCUT2D eigenvalue weighted by molar-refractivity contribution is 5.92. The Morgan fingerprint density at radius 2 is 1.61 bits per heavy atom. The molecular formula is C21H12F3NO3. The van der Waals surface area contributed by atoms with Gasteiger partial charge in [0, 0.05) is 17.7 Å². The topological polar surface area (TPSA) is 59.3 Å². The van der Waals surface area contributed by atoms with Crippen LogP contribution in [0.4, 0.5) is 13.2 Å². The molecule has 0 aliphatic carbocycles. The molecule has 0 heterocycles. The van der Waals surface area contributed by atoms with Gasteiger partial charge in [0.15, 0.2) is 0 Å². The van der Waals surface area contributed by atoms with Crippen LogP contribution in [0.15, 0.2) is 54.6 Å². The highest BCUT2D eigenvalue weighted by atomic mass is 19.1. The average Bonchev–Trinajstić information content (AvgIpc) is 2.67. The number of halogens is 3. The number of carbonyl (C=O) groups excluding carboxylic acids is 1. The number of ether oxygens (including phenoxy) is 2. The number of nitrogens with zero attached hydrogens (tertiary/aromatic N) is 1. The van der Waals surface area contributed by atoms with Crippen LogP contribution in [-0.2, 0) is 0 Å². The van der Waals surface area contributed by atoms with Crippen molar-refractivity contribution in [2.24, 2.45) is 0 Å². The van der Waals surface area contributed by atoms with Crippen molar-refractivity contribution in [1.29, 1.82) is 5.26 Å². The Kier molecular flexibility index (Phi) is 5.32. The lowest BCUT2D eigenvalue weighted by atomic mass is 10.0. The summed E-state index contributed by atoms with van der Waals surface area (Å²) in [5, 5.41) is 8.69. The minimum Gasteiger partial charge on any atom is -0.497 e. The largest absolute Gasteiger partial charge is 0.497 e. The minimum atomic E-state index is -1.05. The molecule has 28 heavy (non-hydrogen) atoms. The fraction of sp³-hybridized carbons (Fsp3) is 0.0476. The van der Waals surface area contributed by atoms with Crippen LogP contribution in [0.3, 0.4) is 0 Å². The molecular weight excluding hydrogens is 371 g/mol. The fourth-order valence-electron chi connectivity index (χ4n) is 2.52. The van der Waals surface area contributed by atoms with E-state index in [-0.39, 0.29) is 22.4 Å². The highest BCUT2D eigenvalue weighted by Crippen LogP contribution is 2.28. The molecule has 0 radical (unpaired) electrons. The van der Waals surface area contributed by atoms with Gasteiger partial charge in [-0.05, 0) is 42.0 Å². The number of hydrogen-bond acceptors (Lipinski definition) is 4. The van der Waals surface area contributed by atoms with E-state index in [2.05, 4.69) is 0 Å². The molecule has 0 spiro atoms. The normalized spacial score (nSPS) is 10.2. The van der Waals surface area contributed by atoms with Crippen molar-refractivity contribution >= 4 is 5.97 Å². The van der Waals surface area contributed by atoms with Crippen LogP contribution in [0.5, 0.6) is 11.5 Å².